The highest BCUT2D eigenvalue weighted by Gasteiger charge is 2.29. The second kappa shape index (κ2) is 4.60. The largest absolute Gasteiger partial charge is 0.389 e. The highest BCUT2D eigenvalue weighted by Crippen LogP contribution is 2.24. The predicted molar refractivity (Wildman–Crippen MR) is 55.2 cm³/mol. The van der Waals surface area contributed by atoms with Crippen LogP contribution in [0.15, 0.2) is 0 Å². The van der Waals surface area contributed by atoms with E-state index in [2.05, 4.69) is 12.2 Å². The Hall–Kier alpha value is -0.120. The Morgan fingerprint density at radius 1 is 1.29 bits per heavy atom. The van der Waals surface area contributed by atoms with Gasteiger partial charge in [0, 0.05) is 6.04 Å². The molecule has 1 saturated carbocycles. The minimum Gasteiger partial charge on any atom is -0.389 e. The van der Waals surface area contributed by atoms with Gasteiger partial charge < -0.3 is 15.2 Å². The standard InChI is InChI=1S/C11H21NO2/c1-8-3-2-4-9(5-8)12-10-6-14-7-11(10)13/h8-13H,2-7H2,1H3. The second-order valence-electron chi connectivity index (χ2n) is 4.85. The minimum atomic E-state index is -0.299. The monoisotopic (exact) mass is 199 g/mol. The smallest absolute Gasteiger partial charge is 0.0948 e. The Kier molecular flexibility index (Phi) is 3.42. The molecular formula is C11H21NO2. The zero-order valence-electron chi connectivity index (χ0n) is 8.91. The van der Waals surface area contributed by atoms with Crippen molar-refractivity contribution < 1.29 is 9.84 Å². The van der Waals surface area contributed by atoms with E-state index in [4.69, 9.17) is 4.74 Å². The van der Waals surface area contributed by atoms with Crippen LogP contribution in [0.25, 0.3) is 0 Å². The molecule has 1 heterocycles. The van der Waals surface area contributed by atoms with Crippen LogP contribution in [-0.2, 0) is 4.74 Å². The zero-order chi connectivity index (χ0) is 9.97. The molecule has 3 heteroatoms. The molecule has 0 aromatic rings. The van der Waals surface area contributed by atoms with Crippen LogP contribution in [0.4, 0.5) is 0 Å². The number of aliphatic hydroxyl groups excluding tert-OH is 1. The van der Waals surface area contributed by atoms with Crippen LogP contribution >= 0.6 is 0 Å². The van der Waals surface area contributed by atoms with Gasteiger partial charge >= 0.3 is 0 Å². The van der Waals surface area contributed by atoms with E-state index in [0.717, 1.165) is 5.92 Å². The number of aliphatic hydroxyl groups is 1. The first kappa shape index (κ1) is 10.4. The minimum absolute atomic E-state index is 0.172. The molecule has 2 aliphatic rings. The van der Waals surface area contributed by atoms with Gasteiger partial charge in [-0.2, -0.15) is 0 Å². The van der Waals surface area contributed by atoms with E-state index < -0.39 is 0 Å². The summed E-state index contributed by atoms with van der Waals surface area (Å²) in [6.07, 6.45) is 4.90. The molecule has 1 aliphatic heterocycles. The molecule has 82 valence electrons. The fourth-order valence-electron chi connectivity index (χ4n) is 2.59. The van der Waals surface area contributed by atoms with Gasteiger partial charge in [0.15, 0.2) is 0 Å². The summed E-state index contributed by atoms with van der Waals surface area (Å²) >= 11 is 0. The number of hydrogen-bond donors (Lipinski definition) is 2. The maximum Gasteiger partial charge on any atom is 0.0948 e. The molecule has 2 rings (SSSR count). The van der Waals surface area contributed by atoms with Crippen LogP contribution < -0.4 is 5.32 Å². The third-order valence-corrected chi connectivity index (χ3v) is 3.44. The first-order valence-corrected chi connectivity index (χ1v) is 5.77. The Morgan fingerprint density at radius 3 is 2.79 bits per heavy atom. The van der Waals surface area contributed by atoms with E-state index in [9.17, 15) is 5.11 Å². The van der Waals surface area contributed by atoms with Crippen molar-refractivity contribution in [1.82, 2.24) is 5.32 Å². The highest BCUT2D eigenvalue weighted by atomic mass is 16.5. The van der Waals surface area contributed by atoms with E-state index in [-0.39, 0.29) is 12.1 Å². The quantitative estimate of drug-likeness (QED) is 0.694. The molecule has 4 atom stereocenters. The van der Waals surface area contributed by atoms with Crippen LogP contribution in [0.1, 0.15) is 32.6 Å². The van der Waals surface area contributed by atoms with Crippen LogP contribution in [0, 0.1) is 5.92 Å². The number of ether oxygens (including phenoxy) is 1. The Balaban J connectivity index is 1.78. The van der Waals surface area contributed by atoms with Crippen LogP contribution in [-0.4, -0.2) is 36.5 Å². The molecule has 0 amide bonds. The van der Waals surface area contributed by atoms with Crippen LogP contribution in [0.3, 0.4) is 0 Å². The van der Waals surface area contributed by atoms with E-state index in [1.54, 1.807) is 0 Å². The number of rotatable bonds is 2. The molecule has 4 unspecified atom stereocenters. The average molecular weight is 199 g/mol. The third-order valence-electron chi connectivity index (χ3n) is 3.44. The van der Waals surface area contributed by atoms with Gasteiger partial charge in [0.05, 0.1) is 25.4 Å². The lowest BCUT2D eigenvalue weighted by atomic mass is 9.86. The van der Waals surface area contributed by atoms with Crippen molar-refractivity contribution in [2.24, 2.45) is 5.92 Å². The molecule has 14 heavy (non-hydrogen) atoms. The van der Waals surface area contributed by atoms with Crippen molar-refractivity contribution >= 4 is 0 Å². The van der Waals surface area contributed by atoms with Crippen molar-refractivity contribution in [3.8, 4) is 0 Å². The first-order chi connectivity index (χ1) is 6.75. The SMILES string of the molecule is CC1CCCC(NC2COCC2O)C1. The first-order valence-electron chi connectivity index (χ1n) is 5.77. The predicted octanol–water partition coefficient (Wildman–Crippen LogP) is 0.914. The molecule has 3 nitrogen and oxygen atoms in total. The fraction of sp³-hybridized carbons (Fsp3) is 1.00. The van der Waals surface area contributed by atoms with Crippen LogP contribution in [0.2, 0.25) is 0 Å². The summed E-state index contributed by atoms with van der Waals surface area (Å²) < 4.78 is 5.23. The zero-order valence-corrected chi connectivity index (χ0v) is 8.91. The third kappa shape index (κ3) is 2.47. The van der Waals surface area contributed by atoms with E-state index in [0.29, 0.717) is 19.3 Å². The van der Waals surface area contributed by atoms with E-state index in [1.807, 2.05) is 0 Å². The molecule has 0 radical (unpaired) electrons. The summed E-state index contributed by atoms with van der Waals surface area (Å²) in [5.41, 5.74) is 0. The average Bonchev–Trinajstić information content (AvgIpc) is 2.52. The molecule has 1 aliphatic carbocycles. The summed E-state index contributed by atoms with van der Waals surface area (Å²) in [6.45, 7) is 3.49. The van der Waals surface area contributed by atoms with Crippen molar-refractivity contribution in [2.45, 2.75) is 50.8 Å². The Labute approximate surface area is 85.8 Å². The molecule has 0 bridgehead atoms. The van der Waals surface area contributed by atoms with Gasteiger partial charge in [-0.05, 0) is 18.8 Å². The Morgan fingerprint density at radius 2 is 2.14 bits per heavy atom. The van der Waals surface area contributed by atoms with Gasteiger partial charge in [-0.1, -0.05) is 19.8 Å². The second-order valence-corrected chi connectivity index (χ2v) is 4.85. The van der Waals surface area contributed by atoms with Gasteiger partial charge in [-0.15, -0.1) is 0 Å². The lowest BCUT2D eigenvalue weighted by Crippen LogP contribution is -2.46. The topological polar surface area (TPSA) is 41.5 Å². The number of nitrogens with one attached hydrogen (secondary N) is 1. The number of hydrogen-bond acceptors (Lipinski definition) is 3. The van der Waals surface area contributed by atoms with Gasteiger partial charge in [-0.3, -0.25) is 0 Å². The van der Waals surface area contributed by atoms with Crippen molar-refractivity contribution in [3.05, 3.63) is 0 Å². The van der Waals surface area contributed by atoms with Crippen molar-refractivity contribution in [3.63, 3.8) is 0 Å². The summed E-state index contributed by atoms with van der Waals surface area (Å²) in [5.74, 6) is 0.834. The summed E-state index contributed by atoms with van der Waals surface area (Å²) in [4.78, 5) is 0. The van der Waals surface area contributed by atoms with Crippen LogP contribution in [0.5, 0.6) is 0 Å². The van der Waals surface area contributed by atoms with E-state index >= 15 is 0 Å². The van der Waals surface area contributed by atoms with Crippen molar-refractivity contribution in [1.29, 1.82) is 0 Å². The lowest BCUT2D eigenvalue weighted by molar-refractivity contribution is 0.119. The molecule has 2 fully saturated rings. The lowest BCUT2D eigenvalue weighted by Gasteiger charge is -2.30. The normalized spacial score (nSPS) is 44.1. The van der Waals surface area contributed by atoms with Gasteiger partial charge in [0.1, 0.15) is 0 Å². The maximum atomic E-state index is 9.60. The van der Waals surface area contributed by atoms with Gasteiger partial charge in [-0.25, -0.2) is 0 Å². The van der Waals surface area contributed by atoms with Gasteiger partial charge in [0.25, 0.3) is 0 Å². The molecular weight excluding hydrogens is 178 g/mol. The maximum absolute atomic E-state index is 9.60. The van der Waals surface area contributed by atoms with Crippen molar-refractivity contribution in [2.75, 3.05) is 13.2 Å². The molecule has 0 aromatic carbocycles. The highest BCUT2D eigenvalue weighted by molar-refractivity contribution is 4.86. The Bertz CT molecular complexity index is 186. The summed E-state index contributed by atoms with van der Waals surface area (Å²) in [6, 6.07) is 0.769. The summed E-state index contributed by atoms with van der Waals surface area (Å²) in [5, 5.41) is 13.1. The van der Waals surface area contributed by atoms with Gasteiger partial charge in [0.2, 0.25) is 0 Å². The fourth-order valence-corrected chi connectivity index (χ4v) is 2.59. The molecule has 0 spiro atoms. The summed E-state index contributed by atoms with van der Waals surface area (Å²) in [7, 11) is 0. The van der Waals surface area contributed by atoms with E-state index in [1.165, 1.54) is 25.7 Å². The molecule has 1 saturated heterocycles. The molecule has 0 aromatic heterocycles. The molecule has 2 N–H and O–H groups in total.